The fourth-order valence-electron chi connectivity index (χ4n) is 1.30. The minimum absolute atomic E-state index is 0. The van der Waals surface area contributed by atoms with Gasteiger partial charge in [0.05, 0.1) is 6.54 Å². The molecule has 2 aromatic heterocycles. The van der Waals surface area contributed by atoms with Crippen LogP contribution in [0.15, 0.2) is 28.6 Å². The summed E-state index contributed by atoms with van der Waals surface area (Å²) in [5, 5.41) is 2.85. The third kappa shape index (κ3) is 3.34. The summed E-state index contributed by atoms with van der Waals surface area (Å²) in [7, 11) is 0. The van der Waals surface area contributed by atoms with E-state index in [1.807, 2.05) is 12.3 Å². The third-order valence-electron chi connectivity index (χ3n) is 2.16. The van der Waals surface area contributed by atoms with Gasteiger partial charge in [-0.3, -0.25) is 4.79 Å². The summed E-state index contributed by atoms with van der Waals surface area (Å²) in [4.78, 5) is 15.8. The van der Waals surface area contributed by atoms with E-state index in [4.69, 9.17) is 0 Å². The molecule has 0 aliphatic carbocycles. The Balaban J connectivity index is 0.00000128. The van der Waals surface area contributed by atoms with Crippen molar-refractivity contribution in [3.63, 3.8) is 0 Å². The van der Waals surface area contributed by atoms with Crippen molar-refractivity contribution in [2.75, 3.05) is 0 Å². The average molecular weight is 308 g/mol. The SMILES string of the molecule is CCc1[c-]cn(Cc2nccs2)c(=O)c1.[Y]. The van der Waals surface area contributed by atoms with Crippen LogP contribution in [0, 0.1) is 6.07 Å². The van der Waals surface area contributed by atoms with Crippen LogP contribution in [-0.4, -0.2) is 9.55 Å². The number of hydrogen-bond donors (Lipinski definition) is 0. The molecule has 0 aromatic carbocycles. The van der Waals surface area contributed by atoms with Gasteiger partial charge in [0.25, 0.3) is 0 Å². The molecule has 0 spiro atoms. The summed E-state index contributed by atoms with van der Waals surface area (Å²) in [5.41, 5.74) is 0.969. The van der Waals surface area contributed by atoms with Gasteiger partial charge in [0.15, 0.2) is 5.56 Å². The number of aryl methyl sites for hydroxylation is 1. The molecule has 16 heavy (non-hydrogen) atoms. The normalized spacial score (nSPS) is 9.81. The second kappa shape index (κ2) is 6.43. The number of rotatable bonds is 3. The number of nitrogens with zero attached hydrogens (tertiary/aromatic N) is 2. The Kier molecular flexibility index (Phi) is 5.52. The van der Waals surface area contributed by atoms with Crippen molar-refractivity contribution in [3.05, 3.63) is 50.8 Å². The van der Waals surface area contributed by atoms with Crippen molar-refractivity contribution in [2.45, 2.75) is 19.9 Å². The van der Waals surface area contributed by atoms with Gasteiger partial charge in [0, 0.05) is 44.3 Å². The van der Waals surface area contributed by atoms with E-state index in [0.717, 1.165) is 17.0 Å². The van der Waals surface area contributed by atoms with E-state index in [-0.39, 0.29) is 38.3 Å². The second-order valence-electron chi connectivity index (χ2n) is 3.19. The van der Waals surface area contributed by atoms with Crippen molar-refractivity contribution in [1.29, 1.82) is 0 Å². The van der Waals surface area contributed by atoms with Gasteiger partial charge < -0.3 is 4.57 Å². The summed E-state index contributed by atoms with van der Waals surface area (Å²) in [5.74, 6) is 0. The molecule has 2 aromatic rings. The minimum Gasteiger partial charge on any atom is -0.342 e. The number of thiazole rings is 1. The third-order valence-corrected chi connectivity index (χ3v) is 2.92. The Morgan fingerprint density at radius 3 is 2.94 bits per heavy atom. The van der Waals surface area contributed by atoms with Crippen LogP contribution in [0.25, 0.3) is 0 Å². The summed E-state index contributed by atoms with van der Waals surface area (Å²) in [6, 6.07) is 4.71. The molecule has 0 aliphatic rings. The van der Waals surface area contributed by atoms with Crippen LogP contribution in [0.2, 0.25) is 0 Å². The molecule has 0 N–H and O–H groups in total. The molecule has 0 fully saturated rings. The maximum atomic E-state index is 11.6. The van der Waals surface area contributed by atoms with Gasteiger partial charge in [-0.15, -0.1) is 17.4 Å². The molecular formula is C11H11N2OSY-. The molecular weight excluding hydrogens is 297 g/mol. The smallest absolute Gasteiger partial charge is 0.168 e. The Hall–Kier alpha value is -0.316. The maximum absolute atomic E-state index is 11.6. The first kappa shape index (κ1) is 13.7. The predicted octanol–water partition coefficient (Wildman–Crippen LogP) is 1.71. The summed E-state index contributed by atoms with van der Waals surface area (Å²) in [6.07, 6.45) is 4.30. The van der Waals surface area contributed by atoms with Crippen LogP contribution in [0.1, 0.15) is 17.5 Å². The molecule has 0 bridgehead atoms. The van der Waals surface area contributed by atoms with Crippen molar-refractivity contribution in [2.24, 2.45) is 0 Å². The molecule has 0 atom stereocenters. The van der Waals surface area contributed by atoms with E-state index in [2.05, 4.69) is 11.1 Å². The summed E-state index contributed by atoms with van der Waals surface area (Å²) >= 11 is 1.55. The van der Waals surface area contributed by atoms with Gasteiger partial charge in [-0.2, -0.15) is 0 Å². The number of pyridine rings is 1. The maximum Gasteiger partial charge on any atom is 0.168 e. The fraction of sp³-hybridized carbons (Fsp3) is 0.273. The van der Waals surface area contributed by atoms with Crippen LogP contribution in [-0.2, 0) is 45.7 Å². The Labute approximate surface area is 123 Å². The van der Waals surface area contributed by atoms with E-state index in [1.165, 1.54) is 0 Å². The van der Waals surface area contributed by atoms with Crippen molar-refractivity contribution < 1.29 is 32.7 Å². The van der Waals surface area contributed by atoms with Crippen LogP contribution >= 0.6 is 11.3 Å². The monoisotopic (exact) mass is 308 g/mol. The number of hydrogen-bond acceptors (Lipinski definition) is 3. The Morgan fingerprint density at radius 2 is 2.38 bits per heavy atom. The summed E-state index contributed by atoms with van der Waals surface area (Å²) in [6.45, 7) is 2.55. The largest absolute Gasteiger partial charge is 0.342 e. The fourth-order valence-corrected chi connectivity index (χ4v) is 1.92. The first-order chi connectivity index (χ1) is 7.29. The minimum atomic E-state index is 0. The molecule has 3 nitrogen and oxygen atoms in total. The average Bonchev–Trinajstić information content (AvgIpc) is 2.74. The van der Waals surface area contributed by atoms with Crippen LogP contribution in [0.3, 0.4) is 0 Å². The van der Waals surface area contributed by atoms with Crippen LogP contribution in [0.4, 0.5) is 0 Å². The van der Waals surface area contributed by atoms with Gasteiger partial charge in [-0.05, 0) is 0 Å². The number of aromatic nitrogens is 2. The molecule has 81 valence electrons. The molecule has 2 rings (SSSR count). The molecule has 0 saturated heterocycles. The molecule has 1 radical (unpaired) electrons. The Morgan fingerprint density at radius 1 is 1.56 bits per heavy atom. The van der Waals surface area contributed by atoms with Crippen molar-refractivity contribution in [1.82, 2.24) is 9.55 Å². The zero-order valence-corrected chi connectivity index (χ0v) is 12.7. The zero-order valence-electron chi connectivity index (χ0n) is 9.01. The first-order valence-electron chi connectivity index (χ1n) is 4.79. The first-order valence-corrected chi connectivity index (χ1v) is 5.67. The predicted molar refractivity (Wildman–Crippen MR) is 60.1 cm³/mol. The molecule has 0 unspecified atom stereocenters. The van der Waals surface area contributed by atoms with E-state index < -0.39 is 0 Å². The van der Waals surface area contributed by atoms with Gasteiger partial charge in [-0.1, -0.05) is 19.5 Å². The molecule has 5 heteroatoms. The van der Waals surface area contributed by atoms with Gasteiger partial charge in [0.1, 0.15) is 5.01 Å². The summed E-state index contributed by atoms with van der Waals surface area (Å²) < 4.78 is 1.62. The van der Waals surface area contributed by atoms with Crippen LogP contribution < -0.4 is 5.56 Å². The van der Waals surface area contributed by atoms with Gasteiger partial charge >= 0.3 is 0 Å². The van der Waals surface area contributed by atoms with Gasteiger partial charge in [0.2, 0.25) is 0 Å². The Bertz CT molecular complexity index is 493. The van der Waals surface area contributed by atoms with E-state index in [0.29, 0.717) is 6.54 Å². The van der Waals surface area contributed by atoms with Crippen LogP contribution in [0.5, 0.6) is 0 Å². The standard InChI is InChI=1S/C11H11N2OS.Y/c1-2-9-3-5-13(11(14)7-9)8-10-12-4-6-15-10;/h4-7H,2,8H2,1H3;/q-1;. The van der Waals surface area contributed by atoms with Crippen molar-refractivity contribution >= 4 is 11.3 Å². The topological polar surface area (TPSA) is 34.9 Å². The molecule has 0 saturated carbocycles. The van der Waals surface area contributed by atoms with E-state index >= 15 is 0 Å². The second-order valence-corrected chi connectivity index (χ2v) is 4.17. The van der Waals surface area contributed by atoms with E-state index in [1.54, 1.807) is 34.4 Å². The van der Waals surface area contributed by atoms with Crippen molar-refractivity contribution in [3.8, 4) is 0 Å². The van der Waals surface area contributed by atoms with Gasteiger partial charge in [-0.25, -0.2) is 16.6 Å². The van der Waals surface area contributed by atoms with E-state index in [9.17, 15) is 4.79 Å². The molecule has 2 heterocycles. The molecule has 0 amide bonds. The quantitative estimate of drug-likeness (QED) is 0.809. The zero-order chi connectivity index (χ0) is 10.7. The molecule has 0 aliphatic heterocycles.